The van der Waals surface area contributed by atoms with Crippen molar-refractivity contribution in [3.8, 4) is 0 Å². The SMILES string of the molecule is O=C(Cc1[nH]nc2ccccc12)NC1CCCC12CCN(Cc1cncnc1)CC2. The quantitative estimate of drug-likeness (QED) is 0.683. The van der Waals surface area contributed by atoms with Gasteiger partial charge in [0.25, 0.3) is 0 Å². The van der Waals surface area contributed by atoms with E-state index in [2.05, 4.69) is 30.4 Å². The molecule has 1 spiro atoms. The molecule has 1 unspecified atom stereocenters. The molecule has 1 saturated carbocycles. The molecule has 5 rings (SSSR count). The standard InChI is InChI=1S/C23H28N6O/c30-22(12-20-18-4-1-2-5-19(18)27-28-20)26-21-6-3-7-23(21)8-10-29(11-9-23)15-17-13-24-16-25-14-17/h1-2,4-5,13-14,16,21H,3,6-12,15H2,(H,26,30)(H,27,28). The second-order valence-electron chi connectivity index (χ2n) is 8.79. The molecule has 1 amide bonds. The first-order valence-corrected chi connectivity index (χ1v) is 10.9. The number of piperidine rings is 1. The van der Waals surface area contributed by atoms with Gasteiger partial charge in [-0.05, 0) is 50.3 Å². The number of nitrogens with one attached hydrogen (secondary N) is 2. The highest BCUT2D eigenvalue weighted by Gasteiger charge is 2.45. The molecule has 2 aliphatic rings. The molecule has 1 aliphatic carbocycles. The summed E-state index contributed by atoms with van der Waals surface area (Å²) in [5, 5.41) is 11.8. The molecule has 1 aliphatic heterocycles. The number of hydrogen-bond acceptors (Lipinski definition) is 5. The fourth-order valence-corrected chi connectivity index (χ4v) is 5.34. The predicted molar refractivity (Wildman–Crippen MR) is 115 cm³/mol. The van der Waals surface area contributed by atoms with E-state index in [1.165, 1.54) is 12.8 Å². The normalized spacial score (nSPS) is 21.3. The van der Waals surface area contributed by atoms with Gasteiger partial charge in [-0.25, -0.2) is 9.97 Å². The van der Waals surface area contributed by atoms with E-state index in [1.54, 1.807) is 6.33 Å². The number of likely N-dealkylation sites (tertiary alicyclic amines) is 1. The average molecular weight is 405 g/mol. The predicted octanol–water partition coefficient (Wildman–Crippen LogP) is 2.85. The molecule has 2 N–H and O–H groups in total. The van der Waals surface area contributed by atoms with E-state index in [0.717, 1.165) is 61.1 Å². The van der Waals surface area contributed by atoms with Gasteiger partial charge in [-0.1, -0.05) is 24.6 Å². The maximum Gasteiger partial charge on any atom is 0.226 e. The minimum atomic E-state index is 0.0968. The van der Waals surface area contributed by atoms with E-state index in [0.29, 0.717) is 6.42 Å². The zero-order valence-electron chi connectivity index (χ0n) is 17.2. The van der Waals surface area contributed by atoms with Gasteiger partial charge in [0.2, 0.25) is 5.91 Å². The van der Waals surface area contributed by atoms with Crippen molar-refractivity contribution in [2.75, 3.05) is 13.1 Å². The molecule has 3 aromatic rings. The van der Waals surface area contributed by atoms with Gasteiger partial charge >= 0.3 is 0 Å². The van der Waals surface area contributed by atoms with Crippen molar-refractivity contribution >= 4 is 16.8 Å². The van der Waals surface area contributed by atoms with Crippen molar-refractivity contribution in [2.24, 2.45) is 5.41 Å². The van der Waals surface area contributed by atoms with Crippen molar-refractivity contribution < 1.29 is 4.79 Å². The van der Waals surface area contributed by atoms with Crippen LogP contribution in [0, 0.1) is 5.41 Å². The number of carbonyl (C=O) groups is 1. The number of para-hydroxylation sites is 1. The molecule has 0 radical (unpaired) electrons. The van der Waals surface area contributed by atoms with Crippen molar-refractivity contribution in [1.29, 1.82) is 0 Å². The number of fused-ring (bicyclic) bond motifs is 1. The number of rotatable bonds is 5. The highest BCUT2D eigenvalue weighted by molar-refractivity contribution is 5.87. The Balaban J connectivity index is 1.20. The number of H-pyrrole nitrogens is 1. The van der Waals surface area contributed by atoms with Crippen LogP contribution >= 0.6 is 0 Å². The Morgan fingerprint density at radius 1 is 1.17 bits per heavy atom. The van der Waals surface area contributed by atoms with Crippen LogP contribution in [-0.4, -0.2) is 50.1 Å². The fraction of sp³-hybridized carbons (Fsp3) is 0.478. The topological polar surface area (TPSA) is 86.8 Å². The highest BCUT2D eigenvalue weighted by atomic mass is 16.1. The van der Waals surface area contributed by atoms with Crippen LogP contribution in [0.15, 0.2) is 43.0 Å². The van der Waals surface area contributed by atoms with Crippen molar-refractivity contribution in [2.45, 2.75) is 51.1 Å². The third kappa shape index (κ3) is 3.81. The van der Waals surface area contributed by atoms with Crippen LogP contribution in [0.2, 0.25) is 0 Å². The van der Waals surface area contributed by atoms with E-state index in [1.807, 2.05) is 36.7 Å². The van der Waals surface area contributed by atoms with Gasteiger partial charge in [0.1, 0.15) is 6.33 Å². The Hall–Kier alpha value is -2.80. The minimum Gasteiger partial charge on any atom is -0.352 e. The lowest BCUT2D eigenvalue weighted by Crippen LogP contribution is -2.50. The number of nitrogens with zero attached hydrogens (tertiary/aromatic N) is 4. The van der Waals surface area contributed by atoms with Gasteiger partial charge in [0.15, 0.2) is 0 Å². The van der Waals surface area contributed by atoms with E-state index < -0.39 is 0 Å². The number of aromatic amines is 1. The summed E-state index contributed by atoms with van der Waals surface area (Å²) in [6.07, 6.45) is 11.5. The van der Waals surface area contributed by atoms with Crippen molar-refractivity contribution in [3.05, 3.63) is 54.2 Å². The highest BCUT2D eigenvalue weighted by Crippen LogP contribution is 2.46. The summed E-state index contributed by atoms with van der Waals surface area (Å²) in [4.78, 5) is 23.6. The Bertz CT molecular complexity index is 1010. The van der Waals surface area contributed by atoms with Crippen molar-refractivity contribution in [1.82, 2.24) is 30.4 Å². The van der Waals surface area contributed by atoms with Crippen LogP contribution in [0.3, 0.4) is 0 Å². The molecule has 2 fully saturated rings. The number of aromatic nitrogens is 4. The summed E-state index contributed by atoms with van der Waals surface area (Å²) >= 11 is 0. The lowest BCUT2D eigenvalue weighted by atomic mass is 9.74. The number of benzene rings is 1. The van der Waals surface area contributed by atoms with E-state index >= 15 is 0 Å². The van der Waals surface area contributed by atoms with E-state index in [4.69, 9.17) is 0 Å². The van der Waals surface area contributed by atoms with Crippen LogP contribution in [0.5, 0.6) is 0 Å². The Morgan fingerprint density at radius 3 is 2.80 bits per heavy atom. The first-order valence-electron chi connectivity index (χ1n) is 10.9. The van der Waals surface area contributed by atoms with Crippen LogP contribution in [-0.2, 0) is 17.8 Å². The maximum absolute atomic E-state index is 12.9. The molecule has 3 heterocycles. The van der Waals surface area contributed by atoms with Crippen LogP contribution in [0.4, 0.5) is 0 Å². The molecule has 7 nitrogen and oxygen atoms in total. The Morgan fingerprint density at radius 2 is 1.97 bits per heavy atom. The van der Waals surface area contributed by atoms with E-state index in [-0.39, 0.29) is 17.4 Å². The number of hydrogen-bond donors (Lipinski definition) is 2. The molecule has 1 atom stereocenters. The third-order valence-electron chi connectivity index (χ3n) is 6.99. The Labute approximate surface area is 176 Å². The Kier molecular flexibility index (Phi) is 5.21. The van der Waals surface area contributed by atoms with Crippen LogP contribution in [0.25, 0.3) is 10.9 Å². The molecular weight excluding hydrogens is 376 g/mol. The summed E-state index contributed by atoms with van der Waals surface area (Å²) in [5.74, 6) is 0.0968. The smallest absolute Gasteiger partial charge is 0.226 e. The van der Waals surface area contributed by atoms with Gasteiger partial charge in [-0.15, -0.1) is 0 Å². The first kappa shape index (κ1) is 19.2. The maximum atomic E-state index is 12.9. The summed E-state index contributed by atoms with van der Waals surface area (Å²) in [7, 11) is 0. The fourth-order valence-electron chi connectivity index (χ4n) is 5.34. The lowest BCUT2D eigenvalue weighted by Gasteiger charge is -2.43. The number of carbonyl (C=O) groups excluding carboxylic acids is 1. The van der Waals surface area contributed by atoms with Gasteiger partial charge in [-0.3, -0.25) is 14.8 Å². The van der Waals surface area contributed by atoms with Gasteiger partial charge in [0.05, 0.1) is 17.6 Å². The molecule has 1 saturated heterocycles. The second-order valence-corrected chi connectivity index (χ2v) is 8.79. The molecule has 0 bridgehead atoms. The molecule has 1 aromatic carbocycles. The summed E-state index contributed by atoms with van der Waals surface area (Å²) in [6, 6.07) is 8.22. The molecule has 7 heteroatoms. The summed E-state index contributed by atoms with van der Waals surface area (Å²) < 4.78 is 0. The third-order valence-corrected chi connectivity index (χ3v) is 6.99. The van der Waals surface area contributed by atoms with E-state index in [9.17, 15) is 4.79 Å². The van der Waals surface area contributed by atoms with Gasteiger partial charge in [0, 0.05) is 35.9 Å². The monoisotopic (exact) mass is 404 g/mol. The first-order chi connectivity index (χ1) is 14.7. The van der Waals surface area contributed by atoms with Crippen molar-refractivity contribution in [3.63, 3.8) is 0 Å². The number of amides is 1. The molecule has 156 valence electrons. The zero-order valence-corrected chi connectivity index (χ0v) is 17.2. The largest absolute Gasteiger partial charge is 0.352 e. The molecular formula is C23H28N6O. The minimum absolute atomic E-state index is 0.0968. The summed E-state index contributed by atoms with van der Waals surface area (Å²) in [5.41, 5.74) is 3.22. The average Bonchev–Trinajstić information content (AvgIpc) is 3.35. The van der Waals surface area contributed by atoms with Crippen LogP contribution < -0.4 is 5.32 Å². The van der Waals surface area contributed by atoms with Gasteiger partial charge < -0.3 is 5.32 Å². The summed E-state index contributed by atoms with van der Waals surface area (Å²) in [6.45, 7) is 3.03. The zero-order chi connectivity index (χ0) is 20.4. The second kappa shape index (κ2) is 8.14. The molecule has 2 aromatic heterocycles. The lowest BCUT2D eigenvalue weighted by molar-refractivity contribution is -0.122. The van der Waals surface area contributed by atoms with Crippen LogP contribution in [0.1, 0.15) is 43.4 Å². The van der Waals surface area contributed by atoms with Gasteiger partial charge in [-0.2, -0.15) is 5.10 Å². The molecule has 30 heavy (non-hydrogen) atoms.